The molecule has 1 aliphatic carbocycles. The molecule has 0 heterocycles. The van der Waals surface area contributed by atoms with Gasteiger partial charge in [-0.3, -0.25) is 4.79 Å². The third kappa shape index (κ3) is 5.02. The van der Waals surface area contributed by atoms with Gasteiger partial charge in [-0.25, -0.2) is 9.59 Å². The van der Waals surface area contributed by atoms with Gasteiger partial charge in [0.05, 0.1) is 12.2 Å². The monoisotopic (exact) mass is 474 g/mol. The molecule has 3 aromatic carbocycles. The number of carboxylic acid groups (broad SMARTS) is 1. The first-order valence-corrected chi connectivity index (χ1v) is 11.1. The molecule has 0 saturated heterocycles. The molecule has 3 N–H and O–H groups in total. The molecule has 35 heavy (non-hydrogen) atoms. The second-order valence-electron chi connectivity index (χ2n) is 8.25. The average molecular weight is 475 g/mol. The maximum atomic E-state index is 12.9. The van der Waals surface area contributed by atoms with Gasteiger partial charge >= 0.3 is 12.1 Å². The predicted octanol–water partition coefficient (Wildman–Crippen LogP) is 4.19. The van der Waals surface area contributed by atoms with Crippen LogP contribution in [-0.4, -0.2) is 49.4 Å². The molecule has 0 radical (unpaired) electrons. The summed E-state index contributed by atoms with van der Waals surface area (Å²) in [5, 5.41) is 14.5. The standard InChI is InChI=1S/C27H26N2O6/c1-16-17(26(31)32)12-7-13-23(16)28-25(30)24(15-34-2)29-27(33)35-14-22-20-10-5-3-8-18(20)19-9-4-6-11-21(19)22/h3-13,22,24H,14-15H2,1-2H3,(H,28,30)(H,29,33)(H,31,32). The Hall–Kier alpha value is -4.17. The number of anilines is 1. The Bertz CT molecular complexity index is 1230. The van der Waals surface area contributed by atoms with E-state index in [9.17, 15) is 19.5 Å². The minimum absolute atomic E-state index is 0.0792. The fraction of sp³-hybridized carbons (Fsp3) is 0.222. The van der Waals surface area contributed by atoms with Crippen LogP contribution in [-0.2, 0) is 14.3 Å². The van der Waals surface area contributed by atoms with E-state index >= 15 is 0 Å². The van der Waals surface area contributed by atoms with E-state index in [1.165, 1.54) is 19.2 Å². The summed E-state index contributed by atoms with van der Waals surface area (Å²) in [5.41, 5.74) is 5.23. The van der Waals surface area contributed by atoms with Crippen molar-refractivity contribution in [3.63, 3.8) is 0 Å². The minimum atomic E-state index is -1.09. The molecule has 4 rings (SSSR count). The number of alkyl carbamates (subject to hydrolysis) is 1. The summed E-state index contributed by atoms with van der Waals surface area (Å²) in [4.78, 5) is 36.9. The highest BCUT2D eigenvalue weighted by atomic mass is 16.5. The lowest BCUT2D eigenvalue weighted by Gasteiger charge is -2.20. The van der Waals surface area contributed by atoms with Crippen molar-refractivity contribution in [1.82, 2.24) is 5.32 Å². The predicted molar refractivity (Wildman–Crippen MR) is 131 cm³/mol. The van der Waals surface area contributed by atoms with Crippen molar-refractivity contribution in [1.29, 1.82) is 0 Å². The maximum Gasteiger partial charge on any atom is 0.407 e. The minimum Gasteiger partial charge on any atom is -0.478 e. The molecule has 1 aliphatic rings. The van der Waals surface area contributed by atoms with Crippen LogP contribution in [0, 0.1) is 6.92 Å². The molecule has 0 fully saturated rings. The van der Waals surface area contributed by atoms with Gasteiger partial charge in [0.25, 0.3) is 0 Å². The van der Waals surface area contributed by atoms with Gasteiger partial charge in [0.2, 0.25) is 5.91 Å². The van der Waals surface area contributed by atoms with E-state index in [4.69, 9.17) is 9.47 Å². The number of aromatic carboxylic acids is 1. The molecular formula is C27H26N2O6. The summed E-state index contributed by atoms with van der Waals surface area (Å²) < 4.78 is 10.6. The smallest absolute Gasteiger partial charge is 0.407 e. The quantitative estimate of drug-likeness (QED) is 0.451. The van der Waals surface area contributed by atoms with E-state index in [-0.39, 0.29) is 24.7 Å². The lowest BCUT2D eigenvalue weighted by molar-refractivity contribution is -0.119. The van der Waals surface area contributed by atoms with Gasteiger partial charge in [0, 0.05) is 18.7 Å². The third-order valence-corrected chi connectivity index (χ3v) is 6.11. The van der Waals surface area contributed by atoms with E-state index in [2.05, 4.69) is 22.8 Å². The molecule has 0 spiro atoms. The van der Waals surface area contributed by atoms with Crippen molar-refractivity contribution >= 4 is 23.7 Å². The van der Waals surface area contributed by atoms with Crippen LogP contribution >= 0.6 is 0 Å². The summed E-state index contributed by atoms with van der Waals surface area (Å²) in [5.74, 6) is -1.75. The highest BCUT2D eigenvalue weighted by Crippen LogP contribution is 2.44. The fourth-order valence-electron chi connectivity index (χ4n) is 4.35. The Labute approximate surface area is 202 Å². The topological polar surface area (TPSA) is 114 Å². The average Bonchev–Trinajstić information content (AvgIpc) is 3.17. The summed E-state index contributed by atoms with van der Waals surface area (Å²) >= 11 is 0. The van der Waals surface area contributed by atoms with E-state index in [1.54, 1.807) is 13.0 Å². The Morgan fingerprint density at radius 1 is 0.943 bits per heavy atom. The number of carbonyl (C=O) groups excluding carboxylic acids is 2. The van der Waals surface area contributed by atoms with Crippen LogP contribution in [0.5, 0.6) is 0 Å². The second kappa shape index (κ2) is 10.4. The molecule has 3 aromatic rings. The van der Waals surface area contributed by atoms with E-state index in [0.29, 0.717) is 11.3 Å². The highest BCUT2D eigenvalue weighted by Gasteiger charge is 2.30. The number of nitrogens with one attached hydrogen (secondary N) is 2. The molecule has 0 aromatic heterocycles. The number of hydrogen-bond donors (Lipinski definition) is 3. The van der Waals surface area contributed by atoms with Crippen LogP contribution in [0.4, 0.5) is 10.5 Å². The van der Waals surface area contributed by atoms with Crippen LogP contribution < -0.4 is 10.6 Å². The number of hydrogen-bond acceptors (Lipinski definition) is 5. The fourth-order valence-corrected chi connectivity index (χ4v) is 4.35. The third-order valence-electron chi connectivity index (χ3n) is 6.11. The van der Waals surface area contributed by atoms with Crippen molar-refractivity contribution in [3.8, 4) is 11.1 Å². The number of methoxy groups -OCH3 is 1. The molecule has 1 unspecified atom stereocenters. The van der Waals surface area contributed by atoms with Crippen molar-refractivity contribution in [3.05, 3.63) is 89.0 Å². The van der Waals surface area contributed by atoms with Crippen molar-refractivity contribution in [2.24, 2.45) is 0 Å². The SMILES string of the molecule is COCC(NC(=O)OCC1c2ccccc2-c2ccccc21)C(=O)Nc1cccc(C(=O)O)c1C. The second-order valence-corrected chi connectivity index (χ2v) is 8.25. The first kappa shape index (κ1) is 24.0. The van der Waals surface area contributed by atoms with Crippen LogP contribution in [0.1, 0.15) is 33.0 Å². The summed E-state index contributed by atoms with van der Waals surface area (Å²) in [7, 11) is 1.41. The molecular weight excluding hydrogens is 448 g/mol. The van der Waals surface area contributed by atoms with E-state index in [0.717, 1.165) is 22.3 Å². The van der Waals surface area contributed by atoms with Gasteiger partial charge in [-0.15, -0.1) is 0 Å². The summed E-state index contributed by atoms with van der Waals surface area (Å²) in [6.07, 6.45) is -0.750. The van der Waals surface area contributed by atoms with Crippen LogP contribution in [0.2, 0.25) is 0 Å². The maximum absolute atomic E-state index is 12.9. The molecule has 8 nitrogen and oxygen atoms in total. The number of fused-ring (bicyclic) bond motifs is 3. The van der Waals surface area contributed by atoms with Gasteiger partial charge < -0.3 is 25.2 Å². The summed E-state index contributed by atoms with van der Waals surface area (Å²) in [6.45, 7) is 1.62. The van der Waals surface area contributed by atoms with E-state index < -0.39 is 24.0 Å². The lowest BCUT2D eigenvalue weighted by atomic mass is 9.98. The van der Waals surface area contributed by atoms with Gasteiger partial charge in [0.15, 0.2) is 0 Å². The Balaban J connectivity index is 1.42. The first-order chi connectivity index (χ1) is 16.9. The Morgan fingerprint density at radius 3 is 2.17 bits per heavy atom. The van der Waals surface area contributed by atoms with Crippen LogP contribution in [0.25, 0.3) is 11.1 Å². The molecule has 180 valence electrons. The van der Waals surface area contributed by atoms with E-state index in [1.807, 2.05) is 36.4 Å². The van der Waals surface area contributed by atoms with Crippen LogP contribution in [0.3, 0.4) is 0 Å². The molecule has 1 atom stereocenters. The van der Waals surface area contributed by atoms with Gasteiger partial charge in [-0.2, -0.15) is 0 Å². The number of rotatable bonds is 8. The van der Waals surface area contributed by atoms with Crippen molar-refractivity contribution in [2.45, 2.75) is 18.9 Å². The Morgan fingerprint density at radius 2 is 1.57 bits per heavy atom. The van der Waals surface area contributed by atoms with Crippen LogP contribution in [0.15, 0.2) is 66.7 Å². The Kier molecular flexibility index (Phi) is 7.12. The van der Waals surface area contributed by atoms with Gasteiger partial charge in [0.1, 0.15) is 12.6 Å². The zero-order valence-corrected chi connectivity index (χ0v) is 19.4. The molecule has 0 bridgehead atoms. The van der Waals surface area contributed by atoms with Crippen molar-refractivity contribution in [2.75, 3.05) is 25.6 Å². The number of amides is 2. The number of carbonyl (C=O) groups is 3. The molecule has 8 heteroatoms. The zero-order chi connectivity index (χ0) is 24.9. The summed E-state index contributed by atoms with van der Waals surface area (Å²) in [6, 6.07) is 19.6. The number of benzene rings is 3. The lowest BCUT2D eigenvalue weighted by Crippen LogP contribution is -2.47. The van der Waals surface area contributed by atoms with Crippen molar-refractivity contribution < 1.29 is 29.0 Å². The normalized spacial score (nSPS) is 12.9. The number of ether oxygens (including phenoxy) is 2. The number of carboxylic acids is 1. The van der Waals surface area contributed by atoms with Gasteiger partial charge in [-0.05, 0) is 46.9 Å². The molecule has 0 saturated carbocycles. The first-order valence-electron chi connectivity index (χ1n) is 11.1. The highest BCUT2D eigenvalue weighted by molar-refractivity contribution is 5.99. The van der Waals surface area contributed by atoms with Gasteiger partial charge in [-0.1, -0.05) is 54.6 Å². The molecule has 2 amide bonds. The largest absolute Gasteiger partial charge is 0.478 e. The zero-order valence-electron chi connectivity index (χ0n) is 19.4. The molecule has 0 aliphatic heterocycles.